The predicted octanol–water partition coefficient (Wildman–Crippen LogP) is 0.215. The van der Waals surface area contributed by atoms with Crippen molar-refractivity contribution >= 4 is 5.91 Å². The van der Waals surface area contributed by atoms with E-state index < -0.39 is 21.5 Å². The number of nitrogens with zero attached hydrogens (tertiary/aromatic N) is 1. The fraction of sp³-hybridized carbons (Fsp3) is 0.875. The second kappa shape index (κ2) is 2.07. The number of likely N-dealkylation sites (N-methyl/N-ethyl adjacent to an activating group) is 1. The molecule has 12 heavy (non-hydrogen) atoms. The van der Waals surface area contributed by atoms with Crippen LogP contribution in [-0.2, 0) is 4.79 Å². The first kappa shape index (κ1) is 9.64. The Labute approximate surface area is 72.5 Å². The first-order chi connectivity index (χ1) is 5.11. The molecular weight excluding hydrogens is 156 g/mol. The van der Waals surface area contributed by atoms with Crippen LogP contribution < -0.4 is 5.73 Å². The van der Waals surface area contributed by atoms with Gasteiger partial charge in [-0.2, -0.15) is 0 Å². The maximum Gasteiger partial charge on any atom is 0.333 e. The quantitative estimate of drug-likeness (QED) is 0.419. The molecular formula is C8H16N2O2. The van der Waals surface area contributed by atoms with Gasteiger partial charge in [0.1, 0.15) is 5.54 Å². The van der Waals surface area contributed by atoms with E-state index in [0.29, 0.717) is 0 Å². The average Bonchev–Trinajstić information content (AvgIpc) is 1.90. The monoisotopic (exact) mass is 172 g/mol. The number of rotatable bonds is 0. The van der Waals surface area contributed by atoms with E-state index >= 15 is 0 Å². The number of carbonyl (C=O) groups is 1. The molecule has 0 aromatic rings. The van der Waals surface area contributed by atoms with E-state index in [0.717, 1.165) is 0 Å². The second-order valence-electron chi connectivity index (χ2n) is 4.65. The fourth-order valence-electron chi connectivity index (χ4n) is 1.77. The van der Waals surface area contributed by atoms with Gasteiger partial charge in [-0.05, 0) is 6.92 Å². The smallest absolute Gasteiger partial charge is 0.333 e. The van der Waals surface area contributed by atoms with E-state index in [9.17, 15) is 10.0 Å². The number of hydroxylamine groups is 3. The highest BCUT2D eigenvalue weighted by atomic mass is 16.6. The maximum atomic E-state index is 11.6. The van der Waals surface area contributed by atoms with Gasteiger partial charge in [0, 0.05) is 5.41 Å². The van der Waals surface area contributed by atoms with Crippen molar-refractivity contribution in [2.45, 2.75) is 26.3 Å². The molecule has 2 unspecified atom stereocenters. The average molecular weight is 172 g/mol. The zero-order valence-electron chi connectivity index (χ0n) is 8.05. The topological polar surface area (TPSA) is 66.1 Å². The Morgan fingerprint density at radius 2 is 1.92 bits per heavy atom. The molecule has 0 aromatic carbocycles. The maximum absolute atomic E-state index is 11.6. The lowest BCUT2D eigenvalue weighted by Gasteiger charge is -2.31. The molecule has 1 fully saturated rings. The lowest BCUT2D eigenvalue weighted by atomic mass is 9.77. The first-order valence-corrected chi connectivity index (χ1v) is 4.02. The van der Waals surface area contributed by atoms with Crippen LogP contribution in [0, 0.1) is 10.6 Å². The van der Waals surface area contributed by atoms with Crippen LogP contribution in [0.25, 0.3) is 0 Å². The van der Waals surface area contributed by atoms with E-state index in [1.54, 1.807) is 6.92 Å². The van der Waals surface area contributed by atoms with Gasteiger partial charge in [0.2, 0.25) is 0 Å². The van der Waals surface area contributed by atoms with E-state index in [1.165, 1.54) is 7.05 Å². The summed E-state index contributed by atoms with van der Waals surface area (Å²) in [5.74, 6) is -0.424. The zero-order chi connectivity index (χ0) is 9.78. The first-order valence-electron chi connectivity index (χ1n) is 4.02. The Bertz CT molecular complexity index is 231. The normalized spacial score (nSPS) is 46.7. The standard InChI is InChI=1S/C8H16N2O2/c1-7(2)5-10(4,12)6(11)8(7,3)9/h5,9H2,1-4H3. The lowest BCUT2D eigenvalue weighted by molar-refractivity contribution is -0.778. The molecule has 1 aliphatic heterocycles. The van der Waals surface area contributed by atoms with E-state index in [4.69, 9.17) is 5.73 Å². The lowest BCUT2D eigenvalue weighted by Crippen LogP contribution is -2.54. The van der Waals surface area contributed by atoms with Gasteiger partial charge in [-0.3, -0.25) is 4.65 Å². The number of nitrogens with two attached hydrogens (primary N) is 1. The summed E-state index contributed by atoms with van der Waals surface area (Å²) in [4.78, 5) is 11.5. The predicted molar refractivity (Wildman–Crippen MR) is 45.8 cm³/mol. The van der Waals surface area contributed by atoms with Gasteiger partial charge in [-0.15, -0.1) is 0 Å². The summed E-state index contributed by atoms with van der Waals surface area (Å²) in [5.41, 5.74) is 4.40. The number of hydrogen-bond acceptors (Lipinski definition) is 3. The molecule has 4 nitrogen and oxygen atoms in total. The molecule has 0 saturated carbocycles. The highest BCUT2D eigenvalue weighted by molar-refractivity contribution is 5.83. The number of carbonyl (C=O) groups excluding carboxylic acids is 1. The van der Waals surface area contributed by atoms with Crippen molar-refractivity contribution in [3.8, 4) is 0 Å². The third-order valence-electron chi connectivity index (χ3n) is 2.98. The minimum absolute atomic E-state index is 0.263. The summed E-state index contributed by atoms with van der Waals surface area (Å²) in [6, 6.07) is 0. The van der Waals surface area contributed by atoms with Gasteiger partial charge in [0.25, 0.3) is 0 Å². The molecule has 1 heterocycles. The molecule has 1 rings (SSSR count). The SMILES string of the molecule is CC1(C)C[N+](C)([O-])C(=O)C1(C)N. The third kappa shape index (κ3) is 0.990. The van der Waals surface area contributed by atoms with Crippen LogP contribution in [0.3, 0.4) is 0 Å². The van der Waals surface area contributed by atoms with Gasteiger partial charge >= 0.3 is 5.91 Å². The summed E-state index contributed by atoms with van der Waals surface area (Å²) >= 11 is 0. The minimum atomic E-state index is -0.997. The molecule has 4 heteroatoms. The molecule has 2 atom stereocenters. The summed E-state index contributed by atoms with van der Waals surface area (Å²) < 4.78 is -0.847. The largest absolute Gasteiger partial charge is 0.625 e. The Kier molecular flexibility index (Phi) is 1.66. The Morgan fingerprint density at radius 3 is 2.00 bits per heavy atom. The number of quaternary nitrogens is 1. The number of hydrogen-bond donors (Lipinski definition) is 1. The molecule has 70 valence electrons. The summed E-state index contributed by atoms with van der Waals surface area (Å²) in [6.07, 6.45) is 0. The van der Waals surface area contributed by atoms with E-state index in [1.807, 2.05) is 13.8 Å². The molecule has 2 N–H and O–H groups in total. The molecule has 0 aliphatic carbocycles. The van der Waals surface area contributed by atoms with Crippen LogP contribution in [0.5, 0.6) is 0 Å². The minimum Gasteiger partial charge on any atom is -0.625 e. The van der Waals surface area contributed by atoms with Gasteiger partial charge in [-0.1, -0.05) is 13.8 Å². The van der Waals surface area contributed by atoms with E-state index in [-0.39, 0.29) is 6.54 Å². The van der Waals surface area contributed by atoms with Crippen LogP contribution >= 0.6 is 0 Å². The molecule has 1 aliphatic rings. The highest BCUT2D eigenvalue weighted by Gasteiger charge is 2.59. The summed E-state index contributed by atoms with van der Waals surface area (Å²) in [5, 5.41) is 11.6. The van der Waals surface area contributed by atoms with Crippen LogP contribution in [0.2, 0.25) is 0 Å². The summed E-state index contributed by atoms with van der Waals surface area (Å²) in [6.45, 7) is 5.61. The van der Waals surface area contributed by atoms with Crippen LogP contribution in [0.1, 0.15) is 20.8 Å². The Hall–Kier alpha value is -0.450. The van der Waals surface area contributed by atoms with Crippen LogP contribution in [-0.4, -0.2) is 29.7 Å². The van der Waals surface area contributed by atoms with Crippen LogP contribution in [0.15, 0.2) is 0 Å². The number of amides is 1. The van der Waals surface area contributed by atoms with Gasteiger partial charge < -0.3 is 10.9 Å². The van der Waals surface area contributed by atoms with Crippen LogP contribution in [0.4, 0.5) is 0 Å². The molecule has 1 amide bonds. The highest BCUT2D eigenvalue weighted by Crippen LogP contribution is 2.40. The molecule has 0 aromatic heterocycles. The Morgan fingerprint density at radius 1 is 1.50 bits per heavy atom. The molecule has 0 bridgehead atoms. The van der Waals surface area contributed by atoms with Gasteiger partial charge in [0.15, 0.2) is 0 Å². The van der Waals surface area contributed by atoms with Crippen molar-refractivity contribution in [2.75, 3.05) is 13.6 Å². The molecule has 0 spiro atoms. The third-order valence-corrected chi connectivity index (χ3v) is 2.98. The summed E-state index contributed by atoms with van der Waals surface area (Å²) in [7, 11) is 1.36. The molecule has 1 saturated heterocycles. The zero-order valence-corrected chi connectivity index (χ0v) is 8.05. The van der Waals surface area contributed by atoms with Crippen molar-refractivity contribution in [1.82, 2.24) is 0 Å². The van der Waals surface area contributed by atoms with Crippen molar-refractivity contribution in [2.24, 2.45) is 11.1 Å². The second-order valence-corrected chi connectivity index (χ2v) is 4.65. The van der Waals surface area contributed by atoms with Crippen molar-refractivity contribution in [3.63, 3.8) is 0 Å². The number of likely N-dealkylation sites (tertiary alicyclic amines) is 1. The van der Waals surface area contributed by atoms with Crippen molar-refractivity contribution in [1.29, 1.82) is 0 Å². The van der Waals surface area contributed by atoms with E-state index in [2.05, 4.69) is 0 Å². The molecule has 0 radical (unpaired) electrons. The van der Waals surface area contributed by atoms with Gasteiger partial charge in [-0.25, -0.2) is 4.79 Å². The fourth-order valence-corrected chi connectivity index (χ4v) is 1.77. The van der Waals surface area contributed by atoms with Crippen molar-refractivity contribution in [3.05, 3.63) is 5.21 Å². The Balaban J connectivity index is 3.14. The van der Waals surface area contributed by atoms with Crippen molar-refractivity contribution < 1.29 is 9.44 Å². The van der Waals surface area contributed by atoms with Gasteiger partial charge in [0.05, 0.1) is 13.6 Å².